The van der Waals surface area contributed by atoms with Gasteiger partial charge in [0.1, 0.15) is 0 Å². The van der Waals surface area contributed by atoms with E-state index in [9.17, 15) is 0 Å². The summed E-state index contributed by atoms with van der Waals surface area (Å²) >= 11 is 2.09. The van der Waals surface area contributed by atoms with E-state index in [0.717, 1.165) is 11.2 Å². The van der Waals surface area contributed by atoms with Gasteiger partial charge in [-0.3, -0.25) is 0 Å². The summed E-state index contributed by atoms with van der Waals surface area (Å²) in [7, 11) is 0. The zero-order valence-corrected chi connectivity index (χ0v) is 13.5. The maximum absolute atomic E-state index is 3.78. The second kappa shape index (κ2) is 6.81. The summed E-state index contributed by atoms with van der Waals surface area (Å²) in [6, 6.07) is 10.3. The molecule has 1 fully saturated rings. The maximum atomic E-state index is 3.78. The van der Waals surface area contributed by atoms with E-state index in [0.29, 0.717) is 12.1 Å². The van der Waals surface area contributed by atoms with E-state index >= 15 is 0 Å². The van der Waals surface area contributed by atoms with Gasteiger partial charge in [0, 0.05) is 17.3 Å². The molecule has 0 spiro atoms. The smallest absolute Gasteiger partial charge is 0.0294 e. The van der Waals surface area contributed by atoms with Crippen LogP contribution in [0.15, 0.2) is 24.3 Å². The molecule has 0 radical (unpaired) electrons. The summed E-state index contributed by atoms with van der Waals surface area (Å²) in [4.78, 5) is 0. The number of benzene rings is 1. The summed E-state index contributed by atoms with van der Waals surface area (Å²) < 4.78 is 0. The lowest BCUT2D eigenvalue weighted by molar-refractivity contribution is 0.454. The lowest BCUT2D eigenvalue weighted by Crippen LogP contribution is -2.35. The Kier molecular flexibility index (Phi) is 5.35. The molecule has 2 heteroatoms. The lowest BCUT2D eigenvalue weighted by atomic mass is 9.99. The van der Waals surface area contributed by atoms with Crippen LogP contribution in [0.5, 0.6) is 0 Å². The van der Waals surface area contributed by atoms with Crippen molar-refractivity contribution < 1.29 is 0 Å². The zero-order valence-electron chi connectivity index (χ0n) is 12.6. The molecule has 1 aliphatic heterocycles. The Hall–Kier alpha value is -0.470. The first-order valence-electron chi connectivity index (χ1n) is 7.52. The molecule has 1 aromatic rings. The Morgan fingerprint density at radius 1 is 1.21 bits per heavy atom. The van der Waals surface area contributed by atoms with Crippen LogP contribution in [0.1, 0.15) is 51.3 Å². The fraction of sp³-hybridized carbons (Fsp3) is 0.647. The SMILES string of the molecule is CC(C)Cc1ccc(C(C)NC2CCSC2C)cc1. The molecule has 1 aromatic carbocycles. The van der Waals surface area contributed by atoms with Crippen LogP contribution in [0.3, 0.4) is 0 Å². The first-order valence-corrected chi connectivity index (χ1v) is 8.57. The third-order valence-electron chi connectivity index (χ3n) is 3.96. The highest BCUT2D eigenvalue weighted by atomic mass is 32.2. The Balaban J connectivity index is 1.93. The minimum absolute atomic E-state index is 0.458. The van der Waals surface area contributed by atoms with Gasteiger partial charge in [-0.15, -0.1) is 0 Å². The molecule has 3 atom stereocenters. The molecular weight excluding hydrogens is 250 g/mol. The number of hydrogen-bond donors (Lipinski definition) is 1. The third-order valence-corrected chi connectivity index (χ3v) is 5.29. The van der Waals surface area contributed by atoms with Crippen LogP contribution in [0.2, 0.25) is 0 Å². The van der Waals surface area contributed by atoms with Crippen molar-refractivity contribution in [1.29, 1.82) is 0 Å². The molecule has 0 aromatic heterocycles. The Morgan fingerprint density at radius 3 is 2.42 bits per heavy atom. The molecule has 0 amide bonds. The average molecular weight is 277 g/mol. The van der Waals surface area contributed by atoms with Gasteiger partial charge in [-0.25, -0.2) is 0 Å². The molecule has 1 N–H and O–H groups in total. The van der Waals surface area contributed by atoms with E-state index in [1.807, 2.05) is 0 Å². The van der Waals surface area contributed by atoms with Crippen LogP contribution >= 0.6 is 11.8 Å². The van der Waals surface area contributed by atoms with Crippen LogP contribution in [0.25, 0.3) is 0 Å². The summed E-state index contributed by atoms with van der Waals surface area (Å²) in [5.41, 5.74) is 2.87. The monoisotopic (exact) mass is 277 g/mol. The van der Waals surface area contributed by atoms with Gasteiger partial charge in [0.25, 0.3) is 0 Å². The minimum atomic E-state index is 0.458. The van der Waals surface area contributed by atoms with Crippen LogP contribution in [-0.2, 0) is 6.42 Å². The van der Waals surface area contributed by atoms with Crippen LogP contribution in [0.4, 0.5) is 0 Å². The summed E-state index contributed by atoms with van der Waals surface area (Å²) in [6.07, 6.45) is 2.49. The van der Waals surface area contributed by atoms with E-state index in [-0.39, 0.29) is 0 Å². The van der Waals surface area contributed by atoms with Crippen molar-refractivity contribution in [2.24, 2.45) is 5.92 Å². The highest BCUT2D eigenvalue weighted by Crippen LogP contribution is 2.28. The van der Waals surface area contributed by atoms with E-state index in [1.165, 1.54) is 29.7 Å². The Bertz CT molecular complexity index is 385. The van der Waals surface area contributed by atoms with Gasteiger partial charge >= 0.3 is 0 Å². The molecule has 1 nitrogen and oxygen atoms in total. The number of nitrogens with one attached hydrogen (secondary N) is 1. The molecule has 0 aliphatic carbocycles. The first kappa shape index (κ1) is 14.9. The molecule has 2 rings (SSSR count). The molecular formula is C17H27NS. The van der Waals surface area contributed by atoms with E-state index in [4.69, 9.17) is 0 Å². The van der Waals surface area contributed by atoms with Crippen molar-refractivity contribution in [2.75, 3.05) is 5.75 Å². The Morgan fingerprint density at radius 2 is 1.89 bits per heavy atom. The summed E-state index contributed by atoms with van der Waals surface area (Å²) in [5, 5.41) is 4.54. The third kappa shape index (κ3) is 4.25. The number of hydrogen-bond acceptors (Lipinski definition) is 2. The number of rotatable bonds is 5. The molecule has 1 saturated heterocycles. The van der Waals surface area contributed by atoms with Gasteiger partial charge in [0.2, 0.25) is 0 Å². The molecule has 3 unspecified atom stereocenters. The average Bonchev–Trinajstić information content (AvgIpc) is 2.75. The highest BCUT2D eigenvalue weighted by molar-refractivity contribution is 8.00. The van der Waals surface area contributed by atoms with Crippen molar-refractivity contribution in [1.82, 2.24) is 5.32 Å². The highest BCUT2D eigenvalue weighted by Gasteiger charge is 2.25. The molecule has 1 heterocycles. The normalized spacial score (nSPS) is 24.9. The molecule has 19 heavy (non-hydrogen) atoms. The van der Waals surface area contributed by atoms with Gasteiger partial charge in [-0.1, -0.05) is 45.0 Å². The molecule has 106 valence electrons. The minimum Gasteiger partial charge on any atom is -0.306 e. The number of thioether (sulfide) groups is 1. The van der Waals surface area contributed by atoms with Crippen molar-refractivity contribution in [2.45, 2.75) is 57.9 Å². The second-order valence-electron chi connectivity index (χ2n) is 6.20. The Labute approximate surface area is 122 Å². The predicted molar refractivity (Wildman–Crippen MR) is 86.9 cm³/mol. The summed E-state index contributed by atoms with van der Waals surface area (Å²) in [6.45, 7) is 9.18. The fourth-order valence-corrected chi connectivity index (χ4v) is 3.99. The standard InChI is InChI=1S/C17H27NS/c1-12(2)11-15-5-7-16(8-6-15)13(3)18-17-9-10-19-14(17)4/h5-8,12-14,17-18H,9-11H2,1-4H3. The van der Waals surface area contributed by atoms with Crippen molar-refractivity contribution in [3.8, 4) is 0 Å². The topological polar surface area (TPSA) is 12.0 Å². The van der Waals surface area contributed by atoms with Gasteiger partial charge < -0.3 is 5.32 Å². The molecule has 1 aliphatic rings. The van der Waals surface area contributed by atoms with E-state index < -0.39 is 0 Å². The van der Waals surface area contributed by atoms with Crippen LogP contribution < -0.4 is 5.32 Å². The zero-order chi connectivity index (χ0) is 13.8. The van der Waals surface area contributed by atoms with Crippen molar-refractivity contribution in [3.05, 3.63) is 35.4 Å². The van der Waals surface area contributed by atoms with Crippen molar-refractivity contribution in [3.63, 3.8) is 0 Å². The quantitative estimate of drug-likeness (QED) is 0.854. The van der Waals surface area contributed by atoms with Crippen molar-refractivity contribution >= 4 is 11.8 Å². The van der Waals surface area contributed by atoms with Gasteiger partial charge in [-0.2, -0.15) is 11.8 Å². The van der Waals surface area contributed by atoms with Gasteiger partial charge in [0.15, 0.2) is 0 Å². The van der Waals surface area contributed by atoms with E-state index in [2.05, 4.69) is 69.0 Å². The van der Waals surface area contributed by atoms with Crippen LogP contribution in [0, 0.1) is 5.92 Å². The first-order chi connectivity index (χ1) is 9.06. The van der Waals surface area contributed by atoms with Gasteiger partial charge in [-0.05, 0) is 42.6 Å². The fourth-order valence-electron chi connectivity index (χ4n) is 2.78. The van der Waals surface area contributed by atoms with Gasteiger partial charge in [0.05, 0.1) is 0 Å². The second-order valence-corrected chi connectivity index (χ2v) is 7.68. The maximum Gasteiger partial charge on any atom is 0.0294 e. The molecule has 0 bridgehead atoms. The lowest BCUT2D eigenvalue weighted by Gasteiger charge is -2.22. The molecule has 0 saturated carbocycles. The summed E-state index contributed by atoms with van der Waals surface area (Å²) in [5.74, 6) is 2.04. The van der Waals surface area contributed by atoms with Crippen LogP contribution in [-0.4, -0.2) is 17.0 Å². The predicted octanol–water partition coefficient (Wildman–Crippen LogP) is 4.43. The largest absolute Gasteiger partial charge is 0.306 e. The van der Waals surface area contributed by atoms with E-state index in [1.54, 1.807) is 0 Å².